The van der Waals surface area contributed by atoms with Crippen molar-refractivity contribution in [2.24, 2.45) is 5.41 Å². The SMILES string of the molecule is CN(c1ncnc2c1ncn2C(CO)CCO)C1CCCCC1(C)C. The van der Waals surface area contributed by atoms with E-state index in [1.165, 1.54) is 19.3 Å². The highest BCUT2D eigenvalue weighted by molar-refractivity contribution is 5.83. The lowest BCUT2D eigenvalue weighted by atomic mass is 9.72. The summed E-state index contributed by atoms with van der Waals surface area (Å²) in [6.07, 6.45) is 8.61. The first kappa shape index (κ1) is 18.1. The van der Waals surface area contributed by atoms with Crippen LogP contribution < -0.4 is 4.90 Å². The second kappa shape index (κ2) is 7.25. The summed E-state index contributed by atoms with van der Waals surface area (Å²) in [5, 5.41) is 18.8. The molecule has 2 heterocycles. The molecule has 2 N–H and O–H groups in total. The van der Waals surface area contributed by atoms with Crippen LogP contribution >= 0.6 is 0 Å². The van der Waals surface area contributed by atoms with Crippen LogP contribution in [0.1, 0.15) is 52.0 Å². The molecule has 2 aromatic rings. The predicted molar refractivity (Wildman–Crippen MR) is 97.6 cm³/mol. The fraction of sp³-hybridized carbons (Fsp3) is 0.722. The molecule has 3 rings (SSSR count). The fourth-order valence-electron chi connectivity index (χ4n) is 4.17. The quantitative estimate of drug-likeness (QED) is 0.832. The van der Waals surface area contributed by atoms with E-state index < -0.39 is 0 Å². The average molecular weight is 347 g/mol. The third-order valence-electron chi connectivity index (χ3n) is 5.66. The molecule has 1 fully saturated rings. The van der Waals surface area contributed by atoms with E-state index in [0.717, 1.165) is 17.8 Å². The van der Waals surface area contributed by atoms with Crippen LogP contribution in [0, 0.1) is 5.41 Å². The van der Waals surface area contributed by atoms with Crippen LogP contribution in [0.2, 0.25) is 0 Å². The number of aliphatic hydroxyl groups is 2. The maximum atomic E-state index is 9.63. The van der Waals surface area contributed by atoms with Gasteiger partial charge in [0.15, 0.2) is 17.0 Å². The van der Waals surface area contributed by atoms with Gasteiger partial charge in [0.1, 0.15) is 6.33 Å². The smallest absolute Gasteiger partial charge is 0.165 e. The molecule has 2 unspecified atom stereocenters. The van der Waals surface area contributed by atoms with E-state index in [1.54, 1.807) is 12.7 Å². The number of aliphatic hydroxyl groups excluding tert-OH is 2. The summed E-state index contributed by atoms with van der Waals surface area (Å²) in [6, 6.07) is 0.185. The maximum Gasteiger partial charge on any atom is 0.165 e. The Labute approximate surface area is 148 Å². The summed E-state index contributed by atoms with van der Waals surface area (Å²) in [6.45, 7) is 4.61. The van der Waals surface area contributed by atoms with Crippen molar-refractivity contribution < 1.29 is 10.2 Å². The Hall–Kier alpha value is -1.73. The highest BCUT2D eigenvalue weighted by Gasteiger charge is 2.36. The Kier molecular flexibility index (Phi) is 5.24. The lowest BCUT2D eigenvalue weighted by Crippen LogP contribution is -2.45. The zero-order valence-electron chi connectivity index (χ0n) is 15.4. The van der Waals surface area contributed by atoms with Crippen LogP contribution in [0.4, 0.5) is 5.82 Å². The van der Waals surface area contributed by atoms with E-state index in [0.29, 0.717) is 18.1 Å². The van der Waals surface area contributed by atoms with Gasteiger partial charge in [-0.15, -0.1) is 0 Å². The maximum absolute atomic E-state index is 9.63. The minimum absolute atomic E-state index is 0.0129. The fourth-order valence-corrected chi connectivity index (χ4v) is 4.17. The Bertz CT molecular complexity index is 715. The van der Waals surface area contributed by atoms with E-state index in [9.17, 15) is 10.2 Å². The summed E-state index contributed by atoms with van der Waals surface area (Å²) in [5.74, 6) is 0.837. The van der Waals surface area contributed by atoms with Crippen molar-refractivity contribution in [3.63, 3.8) is 0 Å². The average Bonchev–Trinajstić information content (AvgIpc) is 3.02. The molecule has 2 aromatic heterocycles. The molecule has 1 aliphatic rings. The van der Waals surface area contributed by atoms with Crippen molar-refractivity contribution in [3.05, 3.63) is 12.7 Å². The number of rotatable bonds is 6. The van der Waals surface area contributed by atoms with Gasteiger partial charge < -0.3 is 19.7 Å². The van der Waals surface area contributed by atoms with Crippen LogP contribution in [0.5, 0.6) is 0 Å². The van der Waals surface area contributed by atoms with Crippen molar-refractivity contribution in [2.75, 3.05) is 25.2 Å². The zero-order chi connectivity index (χ0) is 18.0. The standard InChI is InChI=1S/C18H29N5O2/c1-18(2)8-5-4-6-14(18)22(3)16-15-17(20-11-19-16)23(12-21-15)13(10-25)7-9-24/h11-14,24-25H,4-10H2,1-3H3. The van der Waals surface area contributed by atoms with E-state index >= 15 is 0 Å². The number of fused-ring (bicyclic) bond motifs is 1. The summed E-state index contributed by atoms with van der Waals surface area (Å²) in [5.41, 5.74) is 1.69. The first-order valence-electron chi connectivity index (χ1n) is 9.11. The van der Waals surface area contributed by atoms with Gasteiger partial charge in [-0.2, -0.15) is 0 Å². The van der Waals surface area contributed by atoms with Gasteiger partial charge in [0.25, 0.3) is 0 Å². The van der Waals surface area contributed by atoms with E-state index in [4.69, 9.17) is 0 Å². The van der Waals surface area contributed by atoms with Crippen LogP contribution in [0.25, 0.3) is 11.2 Å². The van der Waals surface area contributed by atoms with Crippen molar-refractivity contribution in [1.29, 1.82) is 0 Å². The molecule has 138 valence electrons. The van der Waals surface area contributed by atoms with Gasteiger partial charge in [-0.25, -0.2) is 15.0 Å². The molecule has 0 aromatic carbocycles. The van der Waals surface area contributed by atoms with Gasteiger partial charge >= 0.3 is 0 Å². The molecule has 25 heavy (non-hydrogen) atoms. The molecule has 0 aliphatic heterocycles. The molecule has 1 aliphatic carbocycles. The van der Waals surface area contributed by atoms with Gasteiger partial charge in [0.05, 0.1) is 19.0 Å². The van der Waals surface area contributed by atoms with Crippen molar-refractivity contribution >= 4 is 17.0 Å². The highest BCUT2D eigenvalue weighted by atomic mass is 16.3. The number of anilines is 1. The zero-order valence-corrected chi connectivity index (χ0v) is 15.4. The molecule has 0 amide bonds. The van der Waals surface area contributed by atoms with Gasteiger partial charge in [0, 0.05) is 19.7 Å². The summed E-state index contributed by atoms with van der Waals surface area (Å²) in [7, 11) is 2.09. The number of imidazole rings is 1. The molecule has 7 nitrogen and oxygen atoms in total. The summed E-state index contributed by atoms with van der Waals surface area (Å²) in [4.78, 5) is 15.7. The minimum Gasteiger partial charge on any atom is -0.396 e. The Morgan fingerprint density at radius 3 is 2.76 bits per heavy atom. The molecule has 2 atom stereocenters. The van der Waals surface area contributed by atoms with Crippen molar-refractivity contribution in [2.45, 2.75) is 58.0 Å². The first-order valence-corrected chi connectivity index (χ1v) is 9.11. The topological polar surface area (TPSA) is 87.3 Å². The Morgan fingerprint density at radius 1 is 1.28 bits per heavy atom. The molecular formula is C18H29N5O2. The molecule has 0 radical (unpaired) electrons. The summed E-state index contributed by atoms with van der Waals surface area (Å²) < 4.78 is 1.84. The van der Waals surface area contributed by atoms with Gasteiger partial charge in [-0.1, -0.05) is 26.7 Å². The van der Waals surface area contributed by atoms with Gasteiger partial charge in [0.2, 0.25) is 0 Å². The highest BCUT2D eigenvalue weighted by Crippen LogP contribution is 2.40. The third kappa shape index (κ3) is 3.35. The number of hydrogen-bond donors (Lipinski definition) is 2. The number of aromatic nitrogens is 4. The lowest BCUT2D eigenvalue weighted by Gasteiger charge is -2.44. The monoisotopic (exact) mass is 347 g/mol. The van der Waals surface area contributed by atoms with Crippen LogP contribution in [0.3, 0.4) is 0 Å². The van der Waals surface area contributed by atoms with Crippen LogP contribution in [-0.4, -0.2) is 56.0 Å². The van der Waals surface area contributed by atoms with Crippen molar-refractivity contribution in [1.82, 2.24) is 19.5 Å². The largest absolute Gasteiger partial charge is 0.396 e. The first-order chi connectivity index (χ1) is 12.0. The molecule has 1 saturated carbocycles. The van der Waals surface area contributed by atoms with E-state index in [1.807, 2.05) is 4.57 Å². The molecule has 0 spiro atoms. The lowest BCUT2D eigenvalue weighted by molar-refractivity contribution is 0.188. The van der Waals surface area contributed by atoms with Crippen LogP contribution in [0.15, 0.2) is 12.7 Å². The number of hydrogen-bond acceptors (Lipinski definition) is 6. The number of nitrogens with zero attached hydrogens (tertiary/aromatic N) is 5. The molecule has 7 heteroatoms. The van der Waals surface area contributed by atoms with Crippen molar-refractivity contribution in [3.8, 4) is 0 Å². The molecule has 0 saturated heterocycles. The minimum atomic E-state index is -0.228. The Balaban J connectivity index is 1.98. The summed E-state index contributed by atoms with van der Waals surface area (Å²) >= 11 is 0. The predicted octanol–water partition coefficient (Wildman–Crippen LogP) is 2.15. The molecule has 0 bridgehead atoms. The Morgan fingerprint density at radius 2 is 2.08 bits per heavy atom. The van der Waals surface area contributed by atoms with Gasteiger partial charge in [-0.05, 0) is 24.7 Å². The van der Waals surface area contributed by atoms with E-state index in [-0.39, 0.29) is 24.7 Å². The van der Waals surface area contributed by atoms with E-state index in [2.05, 4.69) is 40.7 Å². The normalized spacial score (nSPS) is 21.4. The second-order valence-corrected chi connectivity index (χ2v) is 7.73. The van der Waals surface area contributed by atoms with Crippen LogP contribution in [-0.2, 0) is 0 Å². The third-order valence-corrected chi connectivity index (χ3v) is 5.66. The second-order valence-electron chi connectivity index (χ2n) is 7.73. The molecular weight excluding hydrogens is 318 g/mol. The van der Waals surface area contributed by atoms with Gasteiger partial charge in [-0.3, -0.25) is 0 Å².